The maximum atomic E-state index is 11.8. The molecule has 0 aromatic heterocycles. The van der Waals surface area contributed by atoms with E-state index in [1.165, 1.54) is 0 Å². The average Bonchev–Trinajstić information content (AvgIpc) is 2.59. The van der Waals surface area contributed by atoms with Crippen LogP contribution in [0.4, 0.5) is 0 Å². The number of hydrogen-bond acceptors (Lipinski definition) is 4. The summed E-state index contributed by atoms with van der Waals surface area (Å²) in [5, 5.41) is 0.441. The van der Waals surface area contributed by atoms with E-state index >= 15 is 0 Å². The summed E-state index contributed by atoms with van der Waals surface area (Å²) in [6.07, 6.45) is 0. The molecular formula is C12H13NO2S. The number of ether oxygens (including phenoxy) is 1. The first-order chi connectivity index (χ1) is 7.57. The molecule has 0 fully saturated rings. The standard InChI is InChI=1S/C12H13NO2S/c1-12(2)8-15-11(13-12)16-10(14)9-6-4-3-5-7-9/h3-7H,8H2,1-2H3. The van der Waals surface area contributed by atoms with Gasteiger partial charge in [0.05, 0.1) is 5.54 Å². The Morgan fingerprint density at radius 1 is 1.38 bits per heavy atom. The molecule has 0 radical (unpaired) electrons. The highest BCUT2D eigenvalue weighted by Gasteiger charge is 2.28. The van der Waals surface area contributed by atoms with Crippen LogP contribution in [0.1, 0.15) is 24.2 Å². The van der Waals surface area contributed by atoms with Crippen LogP contribution in [0, 0.1) is 0 Å². The van der Waals surface area contributed by atoms with Crippen molar-refractivity contribution in [3.8, 4) is 0 Å². The maximum absolute atomic E-state index is 11.8. The van der Waals surface area contributed by atoms with Crippen molar-refractivity contribution < 1.29 is 9.53 Å². The van der Waals surface area contributed by atoms with Gasteiger partial charge in [0.1, 0.15) is 6.61 Å². The number of benzene rings is 1. The molecule has 3 nitrogen and oxygen atoms in total. The third-order valence-corrected chi connectivity index (χ3v) is 2.94. The van der Waals surface area contributed by atoms with E-state index in [0.29, 0.717) is 17.4 Å². The predicted octanol–water partition coefficient (Wildman–Crippen LogP) is 2.72. The first kappa shape index (κ1) is 11.2. The monoisotopic (exact) mass is 235 g/mol. The maximum Gasteiger partial charge on any atom is 0.254 e. The van der Waals surface area contributed by atoms with Crippen molar-refractivity contribution in [1.29, 1.82) is 0 Å². The number of carbonyl (C=O) groups is 1. The molecule has 1 aliphatic heterocycles. The molecule has 16 heavy (non-hydrogen) atoms. The highest BCUT2D eigenvalue weighted by molar-refractivity contribution is 8.26. The Morgan fingerprint density at radius 3 is 2.62 bits per heavy atom. The fourth-order valence-corrected chi connectivity index (χ4v) is 2.14. The van der Waals surface area contributed by atoms with E-state index in [9.17, 15) is 4.79 Å². The first-order valence-electron chi connectivity index (χ1n) is 5.07. The highest BCUT2D eigenvalue weighted by atomic mass is 32.2. The van der Waals surface area contributed by atoms with Crippen molar-refractivity contribution in [2.24, 2.45) is 4.99 Å². The lowest BCUT2D eigenvalue weighted by atomic mass is 10.1. The number of aliphatic imine (C=N–C) groups is 1. The Morgan fingerprint density at radius 2 is 2.06 bits per heavy atom. The molecule has 0 spiro atoms. The van der Waals surface area contributed by atoms with Gasteiger partial charge in [-0.1, -0.05) is 30.3 Å². The van der Waals surface area contributed by atoms with Crippen LogP contribution in [0.3, 0.4) is 0 Å². The minimum Gasteiger partial charge on any atom is -0.470 e. The second kappa shape index (κ2) is 4.29. The molecule has 1 heterocycles. The van der Waals surface area contributed by atoms with Gasteiger partial charge in [0.15, 0.2) is 0 Å². The fraction of sp³-hybridized carbons (Fsp3) is 0.333. The van der Waals surface area contributed by atoms with Gasteiger partial charge in [-0.2, -0.15) is 0 Å². The summed E-state index contributed by atoms with van der Waals surface area (Å²) in [6.45, 7) is 4.50. The summed E-state index contributed by atoms with van der Waals surface area (Å²) < 4.78 is 5.35. The minimum absolute atomic E-state index is 0.0305. The van der Waals surface area contributed by atoms with Gasteiger partial charge in [0, 0.05) is 17.3 Å². The van der Waals surface area contributed by atoms with Crippen molar-refractivity contribution in [3.05, 3.63) is 35.9 Å². The molecule has 0 atom stereocenters. The second-order valence-electron chi connectivity index (χ2n) is 4.23. The molecule has 0 aliphatic carbocycles. The summed E-state index contributed by atoms with van der Waals surface area (Å²) in [7, 11) is 0. The zero-order chi connectivity index (χ0) is 11.6. The van der Waals surface area contributed by atoms with Crippen LogP contribution in [-0.4, -0.2) is 22.5 Å². The summed E-state index contributed by atoms with van der Waals surface area (Å²) in [5.74, 6) is 0. The van der Waals surface area contributed by atoms with Crippen molar-refractivity contribution in [3.63, 3.8) is 0 Å². The fourth-order valence-electron chi connectivity index (χ4n) is 1.31. The molecule has 0 saturated carbocycles. The smallest absolute Gasteiger partial charge is 0.254 e. The van der Waals surface area contributed by atoms with Gasteiger partial charge in [-0.3, -0.25) is 4.79 Å². The van der Waals surface area contributed by atoms with Gasteiger partial charge in [-0.25, -0.2) is 4.99 Å². The number of nitrogens with zero attached hydrogens (tertiary/aromatic N) is 1. The Labute approximate surface area is 98.9 Å². The van der Waals surface area contributed by atoms with E-state index in [1.54, 1.807) is 12.1 Å². The topological polar surface area (TPSA) is 38.7 Å². The van der Waals surface area contributed by atoms with Crippen LogP contribution >= 0.6 is 11.8 Å². The number of carbonyl (C=O) groups excluding carboxylic acids is 1. The van der Waals surface area contributed by atoms with Gasteiger partial charge < -0.3 is 4.74 Å². The highest BCUT2D eigenvalue weighted by Crippen LogP contribution is 2.24. The van der Waals surface area contributed by atoms with Crippen LogP contribution in [0.25, 0.3) is 0 Å². The molecule has 0 N–H and O–H groups in total. The molecule has 84 valence electrons. The van der Waals surface area contributed by atoms with Crippen LogP contribution in [0.5, 0.6) is 0 Å². The van der Waals surface area contributed by atoms with Crippen LogP contribution in [0.2, 0.25) is 0 Å². The van der Waals surface area contributed by atoms with Crippen LogP contribution in [0.15, 0.2) is 35.3 Å². The summed E-state index contributed by atoms with van der Waals surface area (Å²) in [5.41, 5.74) is 0.461. The molecule has 0 amide bonds. The van der Waals surface area contributed by atoms with E-state index in [-0.39, 0.29) is 10.7 Å². The Kier molecular flexibility index (Phi) is 3.01. The average molecular weight is 235 g/mol. The van der Waals surface area contributed by atoms with Gasteiger partial charge in [0.25, 0.3) is 5.23 Å². The Hall–Kier alpha value is -1.29. The Bertz CT molecular complexity index is 426. The van der Waals surface area contributed by atoms with Gasteiger partial charge in [-0.05, 0) is 13.8 Å². The zero-order valence-electron chi connectivity index (χ0n) is 9.27. The van der Waals surface area contributed by atoms with Crippen molar-refractivity contribution >= 4 is 22.1 Å². The normalized spacial score (nSPS) is 17.8. The van der Waals surface area contributed by atoms with Crippen molar-refractivity contribution in [2.75, 3.05) is 6.61 Å². The molecule has 0 saturated heterocycles. The van der Waals surface area contributed by atoms with Crippen molar-refractivity contribution in [2.45, 2.75) is 19.4 Å². The van der Waals surface area contributed by atoms with E-state index in [1.807, 2.05) is 32.0 Å². The quantitative estimate of drug-likeness (QED) is 0.751. The largest absolute Gasteiger partial charge is 0.470 e. The lowest BCUT2D eigenvalue weighted by Gasteiger charge is -2.07. The van der Waals surface area contributed by atoms with Crippen LogP contribution < -0.4 is 0 Å². The molecule has 1 aromatic rings. The molecule has 1 aromatic carbocycles. The van der Waals surface area contributed by atoms with E-state index in [2.05, 4.69) is 4.99 Å². The van der Waals surface area contributed by atoms with E-state index in [0.717, 1.165) is 11.8 Å². The summed E-state index contributed by atoms with van der Waals surface area (Å²) >= 11 is 1.05. The lowest BCUT2D eigenvalue weighted by Crippen LogP contribution is -2.17. The third-order valence-electron chi connectivity index (χ3n) is 2.13. The first-order valence-corrected chi connectivity index (χ1v) is 5.88. The second-order valence-corrected chi connectivity index (χ2v) is 5.16. The predicted molar refractivity (Wildman–Crippen MR) is 65.8 cm³/mol. The molecule has 0 bridgehead atoms. The number of hydrogen-bond donors (Lipinski definition) is 0. The van der Waals surface area contributed by atoms with Gasteiger partial charge >= 0.3 is 0 Å². The molecule has 4 heteroatoms. The summed E-state index contributed by atoms with van der Waals surface area (Å²) in [4.78, 5) is 16.1. The molecular weight excluding hydrogens is 222 g/mol. The molecule has 1 aliphatic rings. The SMILES string of the molecule is CC1(C)COC(SC(=O)c2ccccc2)=N1. The van der Waals surface area contributed by atoms with Gasteiger partial charge in [0.2, 0.25) is 5.12 Å². The van der Waals surface area contributed by atoms with Gasteiger partial charge in [-0.15, -0.1) is 0 Å². The third kappa shape index (κ3) is 2.64. The summed E-state index contributed by atoms with van der Waals surface area (Å²) in [6, 6.07) is 9.14. The van der Waals surface area contributed by atoms with Crippen LogP contribution in [-0.2, 0) is 4.74 Å². The number of rotatable bonds is 1. The van der Waals surface area contributed by atoms with Crippen molar-refractivity contribution in [1.82, 2.24) is 0 Å². The van der Waals surface area contributed by atoms with E-state index in [4.69, 9.17) is 4.74 Å². The lowest BCUT2D eigenvalue weighted by molar-refractivity contribution is 0.108. The molecule has 0 unspecified atom stereocenters. The number of thioether (sulfide) groups is 1. The minimum atomic E-state index is -0.209. The Balaban J connectivity index is 2.05. The molecule has 2 rings (SSSR count). The zero-order valence-corrected chi connectivity index (χ0v) is 10.1. The van der Waals surface area contributed by atoms with E-state index < -0.39 is 0 Å².